The standard InChI is InChI=1S/C19H34O4/c1-14-13-20-7-5-10-23-19(4)16-11-15(18(16,2)3)12-17(19)22-9-6-8-21-14/h14-17H,5-13H2,1-4H3/t14?,15?,16?,17?,19-/m1/s1. The predicted octanol–water partition coefficient (Wildman–Crippen LogP) is 3.43. The summed E-state index contributed by atoms with van der Waals surface area (Å²) in [4.78, 5) is 0. The van der Waals surface area contributed by atoms with E-state index in [1.807, 2.05) is 0 Å². The van der Waals surface area contributed by atoms with Gasteiger partial charge >= 0.3 is 0 Å². The van der Waals surface area contributed by atoms with E-state index >= 15 is 0 Å². The van der Waals surface area contributed by atoms with Crippen LogP contribution in [0.2, 0.25) is 0 Å². The Morgan fingerprint density at radius 3 is 2.39 bits per heavy atom. The first kappa shape index (κ1) is 17.7. The second-order valence-electron chi connectivity index (χ2n) is 8.40. The predicted molar refractivity (Wildman–Crippen MR) is 89.6 cm³/mol. The molecule has 1 saturated heterocycles. The molecule has 0 amide bonds. The average molecular weight is 326 g/mol. The number of hydrogen-bond donors (Lipinski definition) is 0. The summed E-state index contributed by atoms with van der Waals surface area (Å²) in [5.41, 5.74) is 0.228. The Morgan fingerprint density at radius 2 is 1.61 bits per heavy atom. The molecule has 3 aliphatic carbocycles. The largest absolute Gasteiger partial charge is 0.379 e. The zero-order valence-corrected chi connectivity index (χ0v) is 15.3. The maximum absolute atomic E-state index is 6.45. The Kier molecular flexibility index (Phi) is 5.37. The van der Waals surface area contributed by atoms with Crippen molar-refractivity contribution in [2.45, 2.75) is 71.2 Å². The monoisotopic (exact) mass is 326 g/mol. The highest BCUT2D eigenvalue weighted by Gasteiger charge is 2.64. The van der Waals surface area contributed by atoms with E-state index in [-0.39, 0.29) is 17.8 Å². The Morgan fingerprint density at radius 1 is 0.870 bits per heavy atom. The van der Waals surface area contributed by atoms with Crippen LogP contribution in [0, 0.1) is 17.3 Å². The summed E-state index contributed by atoms with van der Waals surface area (Å²) in [5.74, 6) is 1.39. The summed E-state index contributed by atoms with van der Waals surface area (Å²) in [6, 6.07) is 0. The molecule has 134 valence electrons. The zero-order valence-electron chi connectivity index (χ0n) is 15.3. The maximum Gasteiger partial charge on any atom is 0.0948 e. The molecule has 1 aliphatic heterocycles. The van der Waals surface area contributed by atoms with Crippen molar-refractivity contribution < 1.29 is 18.9 Å². The van der Waals surface area contributed by atoms with E-state index in [0.29, 0.717) is 17.9 Å². The van der Waals surface area contributed by atoms with Crippen LogP contribution < -0.4 is 0 Å². The highest BCUT2D eigenvalue weighted by Crippen LogP contribution is 2.64. The molecule has 0 aromatic heterocycles. The van der Waals surface area contributed by atoms with E-state index < -0.39 is 0 Å². The molecule has 5 atom stereocenters. The van der Waals surface area contributed by atoms with Gasteiger partial charge in [0.25, 0.3) is 0 Å². The van der Waals surface area contributed by atoms with Crippen molar-refractivity contribution in [3.63, 3.8) is 0 Å². The van der Waals surface area contributed by atoms with E-state index in [9.17, 15) is 0 Å². The minimum Gasteiger partial charge on any atom is -0.379 e. The van der Waals surface area contributed by atoms with Gasteiger partial charge in [0, 0.05) is 26.4 Å². The van der Waals surface area contributed by atoms with Gasteiger partial charge in [0.2, 0.25) is 0 Å². The lowest BCUT2D eigenvalue weighted by atomic mass is 9.43. The first-order valence-corrected chi connectivity index (χ1v) is 9.39. The number of hydrogen-bond acceptors (Lipinski definition) is 4. The molecule has 0 aromatic carbocycles. The third-order valence-corrected chi connectivity index (χ3v) is 6.51. The molecule has 4 aliphatic rings. The minimum atomic E-state index is -0.156. The van der Waals surface area contributed by atoms with Crippen LogP contribution in [-0.2, 0) is 18.9 Å². The quantitative estimate of drug-likeness (QED) is 0.683. The van der Waals surface area contributed by atoms with Crippen molar-refractivity contribution in [3.05, 3.63) is 0 Å². The van der Waals surface area contributed by atoms with Crippen LogP contribution >= 0.6 is 0 Å². The Bertz CT molecular complexity index is 397. The summed E-state index contributed by atoms with van der Waals surface area (Å²) < 4.78 is 24.2. The molecular formula is C19H34O4. The van der Waals surface area contributed by atoms with Crippen molar-refractivity contribution in [2.24, 2.45) is 17.3 Å². The summed E-state index contributed by atoms with van der Waals surface area (Å²) in [5, 5.41) is 0. The van der Waals surface area contributed by atoms with Gasteiger partial charge in [-0.15, -0.1) is 0 Å². The summed E-state index contributed by atoms with van der Waals surface area (Å²) in [6.07, 6.45) is 4.68. The van der Waals surface area contributed by atoms with E-state index in [0.717, 1.165) is 51.6 Å². The third-order valence-electron chi connectivity index (χ3n) is 6.51. The average Bonchev–Trinajstić information content (AvgIpc) is 2.50. The van der Waals surface area contributed by atoms with Gasteiger partial charge < -0.3 is 18.9 Å². The molecule has 23 heavy (non-hydrogen) atoms. The van der Waals surface area contributed by atoms with Crippen molar-refractivity contribution in [1.82, 2.24) is 0 Å². The minimum absolute atomic E-state index is 0.156. The van der Waals surface area contributed by atoms with Gasteiger partial charge in [0.15, 0.2) is 0 Å². The lowest BCUT2D eigenvalue weighted by molar-refractivity contribution is -0.276. The van der Waals surface area contributed by atoms with E-state index in [4.69, 9.17) is 18.9 Å². The molecule has 4 rings (SSSR count). The second kappa shape index (κ2) is 6.99. The summed E-state index contributed by atoms with van der Waals surface area (Å²) in [6.45, 7) is 12.8. The van der Waals surface area contributed by atoms with Gasteiger partial charge in [-0.05, 0) is 56.8 Å². The smallest absolute Gasteiger partial charge is 0.0948 e. The van der Waals surface area contributed by atoms with Crippen molar-refractivity contribution in [1.29, 1.82) is 0 Å². The normalized spacial score (nSPS) is 45.4. The number of rotatable bonds is 0. The topological polar surface area (TPSA) is 36.9 Å². The summed E-state index contributed by atoms with van der Waals surface area (Å²) in [7, 11) is 0. The second-order valence-corrected chi connectivity index (χ2v) is 8.40. The van der Waals surface area contributed by atoms with Crippen LogP contribution in [0.1, 0.15) is 53.4 Å². The zero-order chi connectivity index (χ0) is 16.5. The molecule has 4 fully saturated rings. The summed E-state index contributed by atoms with van der Waals surface area (Å²) >= 11 is 0. The molecule has 1 heterocycles. The van der Waals surface area contributed by atoms with Crippen LogP contribution in [0.25, 0.3) is 0 Å². The van der Waals surface area contributed by atoms with Crippen LogP contribution in [0.15, 0.2) is 0 Å². The van der Waals surface area contributed by atoms with Gasteiger partial charge in [-0.2, -0.15) is 0 Å². The molecule has 3 saturated carbocycles. The van der Waals surface area contributed by atoms with Crippen molar-refractivity contribution in [3.8, 4) is 0 Å². The molecule has 4 unspecified atom stereocenters. The lowest BCUT2D eigenvalue weighted by Gasteiger charge is -2.66. The Hall–Kier alpha value is -0.160. The highest BCUT2D eigenvalue weighted by atomic mass is 16.6. The van der Waals surface area contributed by atoms with Crippen LogP contribution in [0.4, 0.5) is 0 Å². The van der Waals surface area contributed by atoms with Gasteiger partial charge in [0.1, 0.15) is 0 Å². The number of ether oxygens (including phenoxy) is 4. The molecular weight excluding hydrogens is 292 g/mol. The SMILES string of the molecule is CC1COCCCO[C@@]2(C)C(CC3CC2C3(C)C)OCCCO1. The fraction of sp³-hybridized carbons (Fsp3) is 1.00. The molecule has 0 spiro atoms. The van der Waals surface area contributed by atoms with Crippen molar-refractivity contribution >= 4 is 0 Å². The molecule has 4 heteroatoms. The first-order valence-electron chi connectivity index (χ1n) is 9.39. The lowest BCUT2D eigenvalue weighted by Crippen LogP contribution is -2.68. The maximum atomic E-state index is 6.45. The Balaban J connectivity index is 1.65. The van der Waals surface area contributed by atoms with Crippen LogP contribution in [0.5, 0.6) is 0 Å². The third kappa shape index (κ3) is 3.46. The van der Waals surface area contributed by atoms with E-state index in [2.05, 4.69) is 27.7 Å². The first-order chi connectivity index (χ1) is 10.9. The van der Waals surface area contributed by atoms with Crippen LogP contribution in [-0.4, -0.2) is 50.8 Å². The molecule has 4 nitrogen and oxygen atoms in total. The van der Waals surface area contributed by atoms with Gasteiger partial charge in [-0.25, -0.2) is 0 Å². The van der Waals surface area contributed by atoms with Crippen molar-refractivity contribution in [2.75, 3.05) is 33.0 Å². The Labute approximate surface area is 141 Å². The molecule has 0 aromatic rings. The van der Waals surface area contributed by atoms with E-state index in [1.54, 1.807) is 0 Å². The fourth-order valence-electron chi connectivity index (χ4n) is 4.85. The fourth-order valence-corrected chi connectivity index (χ4v) is 4.85. The van der Waals surface area contributed by atoms with Gasteiger partial charge in [0.05, 0.1) is 24.4 Å². The van der Waals surface area contributed by atoms with E-state index in [1.165, 1.54) is 6.42 Å². The van der Waals surface area contributed by atoms with Gasteiger partial charge in [-0.1, -0.05) is 13.8 Å². The van der Waals surface area contributed by atoms with Gasteiger partial charge in [-0.3, -0.25) is 0 Å². The molecule has 0 N–H and O–H groups in total. The highest BCUT2D eigenvalue weighted by molar-refractivity contribution is 5.13. The van der Waals surface area contributed by atoms with Crippen LogP contribution in [0.3, 0.4) is 0 Å². The molecule has 2 bridgehead atoms. The molecule has 0 radical (unpaired) electrons.